The van der Waals surface area contributed by atoms with Gasteiger partial charge in [0.1, 0.15) is 5.82 Å². The Bertz CT molecular complexity index is 1410. The van der Waals surface area contributed by atoms with E-state index in [1.807, 2.05) is 0 Å². The minimum Gasteiger partial charge on any atom is -0.380 e. The van der Waals surface area contributed by atoms with Crippen LogP contribution in [0.15, 0.2) is 59.4 Å². The molecule has 2 atom stereocenters. The highest BCUT2D eigenvalue weighted by Crippen LogP contribution is 2.29. The number of rotatable bonds is 5. The van der Waals surface area contributed by atoms with Crippen molar-refractivity contribution in [2.45, 2.75) is 18.6 Å². The number of nitrogen functional groups attached to an aromatic ring is 1. The first-order valence-corrected chi connectivity index (χ1v) is 10.7. The molecule has 3 aromatic heterocycles. The van der Waals surface area contributed by atoms with Gasteiger partial charge >= 0.3 is 0 Å². The smallest absolute Gasteiger partial charge is 0.263 e. The normalized spacial score (nSPS) is 19.0. The van der Waals surface area contributed by atoms with Crippen molar-refractivity contribution in [2.24, 2.45) is 0 Å². The zero-order valence-corrected chi connectivity index (χ0v) is 18.6. The van der Waals surface area contributed by atoms with E-state index in [0.29, 0.717) is 28.2 Å². The Hall–Kier alpha value is -4.42. The summed E-state index contributed by atoms with van der Waals surface area (Å²) in [5, 5.41) is 25.3. The fourth-order valence-corrected chi connectivity index (χ4v) is 3.87. The average molecular weight is 475 g/mol. The Morgan fingerprint density at radius 2 is 2.11 bits per heavy atom. The molecule has 0 radical (unpaired) electrons. The summed E-state index contributed by atoms with van der Waals surface area (Å²) in [6.07, 6.45) is 1.31. The highest BCUT2D eigenvalue weighted by Gasteiger charge is 2.50. The number of nitrogens with zero attached hydrogens (tertiary/aromatic N) is 5. The number of ether oxygens (including phenoxy) is 1. The Morgan fingerprint density at radius 1 is 1.26 bits per heavy atom. The van der Waals surface area contributed by atoms with Gasteiger partial charge in [0, 0.05) is 17.3 Å². The van der Waals surface area contributed by atoms with Gasteiger partial charge in [-0.05, 0) is 37.3 Å². The standard InChI is InChI=1S/C23H21N7O5/c1-23(19(31)21(32)27-14-5-6-15-17(11-14)35-29-20(15)24)22(33)30(9-10-34-23)18-4-2-3-16(28-18)13-7-8-25-26-12-13/h2-8,11-12,19,31H,9-10H2,1H3,(H2,24,29)(H,27,32)/t19?,23-/m1/s1. The van der Waals surface area contributed by atoms with Gasteiger partial charge in [-0.15, -0.1) is 0 Å². The molecule has 1 aromatic carbocycles. The van der Waals surface area contributed by atoms with Gasteiger partial charge in [0.05, 0.1) is 36.6 Å². The van der Waals surface area contributed by atoms with Gasteiger partial charge in [-0.2, -0.15) is 10.2 Å². The molecule has 1 unspecified atom stereocenters. The SMILES string of the molecule is C[C@]1(C(O)C(=O)Nc2ccc3c(N)noc3c2)OCCN(c2cccc(-c3ccnnc3)n2)C1=O. The van der Waals surface area contributed by atoms with Crippen LogP contribution in [0, 0.1) is 0 Å². The minimum absolute atomic E-state index is 0.0958. The van der Waals surface area contributed by atoms with Crippen LogP contribution in [0.1, 0.15) is 6.92 Å². The zero-order valence-electron chi connectivity index (χ0n) is 18.6. The van der Waals surface area contributed by atoms with Gasteiger partial charge in [0.15, 0.2) is 23.1 Å². The molecule has 1 aliphatic rings. The summed E-state index contributed by atoms with van der Waals surface area (Å²) in [6.45, 7) is 1.68. The van der Waals surface area contributed by atoms with Crippen LogP contribution in [-0.4, -0.2) is 62.1 Å². The summed E-state index contributed by atoms with van der Waals surface area (Å²) in [4.78, 5) is 32.3. The van der Waals surface area contributed by atoms with E-state index in [1.54, 1.807) is 48.8 Å². The lowest BCUT2D eigenvalue weighted by molar-refractivity contribution is -0.170. The molecular formula is C23H21N7O5. The van der Waals surface area contributed by atoms with Gasteiger partial charge in [-0.25, -0.2) is 4.98 Å². The molecule has 1 aliphatic heterocycles. The van der Waals surface area contributed by atoms with Crippen molar-refractivity contribution in [3.8, 4) is 11.3 Å². The summed E-state index contributed by atoms with van der Waals surface area (Å²) in [5.41, 5.74) is 5.91. The second-order valence-corrected chi connectivity index (χ2v) is 8.09. The molecule has 1 saturated heterocycles. The lowest BCUT2D eigenvalue weighted by Gasteiger charge is -2.40. The van der Waals surface area contributed by atoms with Crippen molar-refractivity contribution in [3.05, 3.63) is 54.9 Å². The molecule has 0 spiro atoms. The molecule has 12 nitrogen and oxygen atoms in total. The predicted molar refractivity (Wildman–Crippen MR) is 125 cm³/mol. The van der Waals surface area contributed by atoms with Crippen molar-refractivity contribution in [1.82, 2.24) is 20.3 Å². The molecule has 4 heterocycles. The number of hydrogen-bond acceptors (Lipinski definition) is 10. The van der Waals surface area contributed by atoms with Gasteiger partial charge in [-0.1, -0.05) is 11.2 Å². The number of nitrogens with one attached hydrogen (secondary N) is 1. The Morgan fingerprint density at radius 3 is 2.91 bits per heavy atom. The van der Waals surface area contributed by atoms with Crippen LogP contribution >= 0.6 is 0 Å². The van der Waals surface area contributed by atoms with Gasteiger partial charge < -0.3 is 25.4 Å². The first-order chi connectivity index (χ1) is 16.9. The molecule has 35 heavy (non-hydrogen) atoms. The van der Waals surface area contributed by atoms with Crippen LogP contribution in [0.3, 0.4) is 0 Å². The van der Waals surface area contributed by atoms with Crippen LogP contribution < -0.4 is 16.0 Å². The third-order valence-corrected chi connectivity index (χ3v) is 5.82. The third kappa shape index (κ3) is 4.05. The number of hydrogen-bond donors (Lipinski definition) is 3. The summed E-state index contributed by atoms with van der Waals surface area (Å²) < 4.78 is 10.7. The van der Waals surface area contributed by atoms with Crippen LogP contribution in [0.2, 0.25) is 0 Å². The fourth-order valence-electron chi connectivity index (χ4n) is 3.87. The topological polar surface area (TPSA) is 170 Å². The van der Waals surface area contributed by atoms with E-state index in [1.165, 1.54) is 17.9 Å². The molecule has 178 valence electrons. The van der Waals surface area contributed by atoms with E-state index in [2.05, 4.69) is 25.7 Å². The van der Waals surface area contributed by atoms with E-state index in [9.17, 15) is 14.7 Å². The van der Waals surface area contributed by atoms with Crippen molar-refractivity contribution in [2.75, 3.05) is 29.1 Å². The summed E-state index contributed by atoms with van der Waals surface area (Å²) in [6, 6.07) is 11.7. The molecule has 12 heteroatoms. The average Bonchev–Trinajstić information content (AvgIpc) is 3.25. The first-order valence-electron chi connectivity index (χ1n) is 10.7. The quantitative estimate of drug-likeness (QED) is 0.383. The van der Waals surface area contributed by atoms with Crippen molar-refractivity contribution >= 4 is 40.1 Å². The number of pyridine rings is 1. The number of carbonyl (C=O) groups excluding carboxylic acids is 2. The summed E-state index contributed by atoms with van der Waals surface area (Å²) >= 11 is 0. The van der Waals surface area contributed by atoms with Crippen molar-refractivity contribution in [1.29, 1.82) is 0 Å². The molecule has 5 rings (SSSR count). The number of nitrogens with two attached hydrogens (primary N) is 1. The second-order valence-electron chi connectivity index (χ2n) is 8.09. The third-order valence-electron chi connectivity index (χ3n) is 5.82. The first kappa shape index (κ1) is 22.4. The number of aliphatic hydroxyl groups excluding tert-OH is 1. The number of aromatic nitrogens is 4. The molecule has 2 amide bonds. The fraction of sp³-hybridized carbons (Fsp3) is 0.217. The molecular weight excluding hydrogens is 454 g/mol. The molecule has 0 saturated carbocycles. The Balaban J connectivity index is 1.36. The van der Waals surface area contributed by atoms with E-state index in [4.69, 9.17) is 15.0 Å². The van der Waals surface area contributed by atoms with Crippen molar-refractivity contribution in [3.63, 3.8) is 0 Å². The number of benzene rings is 1. The maximum absolute atomic E-state index is 13.4. The summed E-state index contributed by atoms with van der Waals surface area (Å²) in [7, 11) is 0. The van der Waals surface area contributed by atoms with E-state index in [-0.39, 0.29) is 19.0 Å². The van der Waals surface area contributed by atoms with E-state index < -0.39 is 23.5 Å². The number of fused-ring (bicyclic) bond motifs is 1. The molecule has 4 N–H and O–H groups in total. The Kier molecular flexibility index (Phi) is 5.59. The van der Waals surface area contributed by atoms with Crippen LogP contribution in [-0.2, 0) is 14.3 Å². The lowest BCUT2D eigenvalue weighted by atomic mass is 9.94. The maximum Gasteiger partial charge on any atom is 0.263 e. The van der Waals surface area contributed by atoms with Gasteiger partial charge in [-0.3, -0.25) is 14.5 Å². The highest BCUT2D eigenvalue weighted by atomic mass is 16.5. The maximum atomic E-state index is 13.4. The van der Waals surface area contributed by atoms with Gasteiger partial charge in [0.25, 0.3) is 11.8 Å². The monoisotopic (exact) mass is 475 g/mol. The number of carbonyl (C=O) groups is 2. The Labute approximate surface area is 198 Å². The highest BCUT2D eigenvalue weighted by molar-refractivity contribution is 6.06. The largest absolute Gasteiger partial charge is 0.380 e. The second kappa shape index (κ2) is 8.74. The number of aliphatic hydroxyl groups is 1. The van der Waals surface area contributed by atoms with E-state index >= 15 is 0 Å². The molecule has 1 fully saturated rings. The number of amides is 2. The molecule has 4 aromatic rings. The molecule has 0 aliphatic carbocycles. The van der Waals surface area contributed by atoms with Crippen LogP contribution in [0.25, 0.3) is 22.2 Å². The predicted octanol–water partition coefficient (Wildman–Crippen LogP) is 1.38. The van der Waals surface area contributed by atoms with Crippen molar-refractivity contribution < 1.29 is 24.0 Å². The van der Waals surface area contributed by atoms with Crippen LogP contribution in [0.4, 0.5) is 17.3 Å². The number of anilines is 3. The zero-order chi connectivity index (χ0) is 24.6. The lowest BCUT2D eigenvalue weighted by Crippen LogP contribution is -2.63. The number of morpholine rings is 1. The van der Waals surface area contributed by atoms with Crippen LogP contribution in [0.5, 0.6) is 0 Å². The molecule has 0 bridgehead atoms. The summed E-state index contributed by atoms with van der Waals surface area (Å²) in [5.74, 6) is -0.828. The van der Waals surface area contributed by atoms with E-state index in [0.717, 1.165) is 5.56 Å². The van der Waals surface area contributed by atoms with Gasteiger partial charge in [0.2, 0.25) is 0 Å². The minimum atomic E-state index is -1.83.